The van der Waals surface area contributed by atoms with Gasteiger partial charge in [0, 0.05) is 43.5 Å². The molecule has 2 atom stereocenters. The van der Waals surface area contributed by atoms with Crippen molar-refractivity contribution in [1.82, 2.24) is 19.5 Å². The Balaban J connectivity index is 1.50. The second kappa shape index (κ2) is 9.34. The standard InChI is InChI=1S/C24H31N7O4S/c1-15-13-31-22(27-23(15)29-10-8-16(25)14-29)12-19(28-31)20-5-3-4-9-30(20)24(32)18-11-17(36(26,33)34)6-7-21(18)35-2/h6-7,11-13,16,20H,3-5,8-10,14,25H2,1-2H3,(H2,26,33,34)/t16-,20-/m0/s1. The molecule has 2 fully saturated rings. The highest BCUT2D eigenvalue weighted by Crippen LogP contribution is 2.34. The molecule has 2 aliphatic heterocycles. The van der Waals surface area contributed by atoms with Crippen LogP contribution in [-0.2, 0) is 10.0 Å². The lowest BCUT2D eigenvalue weighted by Crippen LogP contribution is -2.39. The quantitative estimate of drug-likeness (QED) is 0.522. The van der Waals surface area contributed by atoms with Gasteiger partial charge in [-0.1, -0.05) is 0 Å². The first kappa shape index (κ1) is 24.5. The number of hydrogen-bond acceptors (Lipinski definition) is 8. The topological polar surface area (TPSA) is 149 Å². The minimum atomic E-state index is -3.98. The minimum absolute atomic E-state index is 0.137. The fraction of sp³-hybridized carbons (Fsp3) is 0.458. The van der Waals surface area contributed by atoms with E-state index in [-0.39, 0.29) is 34.2 Å². The number of benzene rings is 1. The van der Waals surface area contributed by atoms with Gasteiger partial charge in [-0.05, 0) is 50.8 Å². The van der Waals surface area contributed by atoms with E-state index in [4.69, 9.17) is 25.7 Å². The summed E-state index contributed by atoms with van der Waals surface area (Å²) in [6, 6.07) is 5.86. The molecule has 1 aromatic carbocycles. The number of amides is 1. The number of likely N-dealkylation sites (tertiary alicyclic amines) is 1. The number of carbonyl (C=O) groups is 1. The van der Waals surface area contributed by atoms with Crippen molar-refractivity contribution in [1.29, 1.82) is 0 Å². The predicted octanol–water partition coefficient (Wildman–Crippen LogP) is 1.60. The molecule has 192 valence electrons. The number of nitrogens with zero attached hydrogens (tertiary/aromatic N) is 5. The Kier molecular flexibility index (Phi) is 6.35. The third-order valence-corrected chi connectivity index (χ3v) is 7.89. The molecule has 0 radical (unpaired) electrons. The van der Waals surface area contributed by atoms with Gasteiger partial charge in [-0.3, -0.25) is 4.79 Å². The van der Waals surface area contributed by atoms with Crippen LogP contribution in [0.3, 0.4) is 0 Å². The molecular weight excluding hydrogens is 482 g/mol. The predicted molar refractivity (Wildman–Crippen MR) is 135 cm³/mol. The number of ether oxygens (including phenoxy) is 1. The van der Waals surface area contributed by atoms with E-state index < -0.39 is 10.0 Å². The molecule has 2 aliphatic rings. The number of sulfonamides is 1. The molecule has 3 aromatic rings. The SMILES string of the molecule is COc1ccc(S(N)(=O)=O)cc1C(=O)N1CCCC[C@H]1c1cc2nc(N3CC[C@H](N)C3)c(C)cn2n1. The molecule has 11 nitrogen and oxygen atoms in total. The fourth-order valence-corrected chi connectivity index (χ4v) is 5.69. The summed E-state index contributed by atoms with van der Waals surface area (Å²) < 4.78 is 31.0. The number of hydrogen-bond donors (Lipinski definition) is 2. The van der Waals surface area contributed by atoms with Crippen LogP contribution >= 0.6 is 0 Å². The van der Waals surface area contributed by atoms with Gasteiger partial charge in [0.15, 0.2) is 5.65 Å². The van der Waals surface area contributed by atoms with Gasteiger partial charge in [-0.15, -0.1) is 0 Å². The molecule has 4 heterocycles. The Labute approximate surface area is 210 Å². The van der Waals surface area contributed by atoms with Crippen LogP contribution in [0.2, 0.25) is 0 Å². The Bertz CT molecular complexity index is 1420. The van der Waals surface area contributed by atoms with Gasteiger partial charge in [0.1, 0.15) is 11.6 Å². The van der Waals surface area contributed by atoms with Crippen molar-refractivity contribution < 1.29 is 17.9 Å². The van der Waals surface area contributed by atoms with Crippen molar-refractivity contribution in [3.8, 4) is 5.75 Å². The number of primary sulfonamides is 1. The molecule has 36 heavy (non-hydrogen) atoms. The molecule has 4 N–H and O–H groups in total. The average molecular weight is 514 g/mol. The number of piperidine rings is 1. The molecule has 0 unspecified atom stereocenters. The van der Waals surface area contributed by atoms with Crippen LogP contribution in [0, 0.1) is 6.92 Å². The number of aromatic nitrogens is 3. The molecule has 12 heteroatoms. The van der Waals surface area contributed by atoms with Crippen molar-refractivity contribution in [3.05, 3.63) is 47.3 Å². The fourth-order valence-electron chi connectivity index (χ4n) is 5.15. The zero-order valence-electron chi connectivity index (χ0n) is 20.4. The van der Waals surface area contributed by atoms with E-state index in [1.54, 1.807) is 9.42 Å². The van der Waals surface area contributed by atoms with Crippen LogP contribution in [0.4, 0.5) is 5.82 Å². The summed E-state index contributed by atoms with van der Waals surface area (Å²) in [5.41, 5.74) is 8.71. The van der Waals surface area contributed by atoms with Crippen LogP contribution in [0.15, 0.2) is 35.4 Å². The lowest BCUT2D eigenvalue weighted by molar-refractivity contribution is 0.0602. The van der Waals surface area contributed by atoms with Gasteiger partial charge < -0.3 is 20.3 Å². The van der Waals surface area contributed by atoms with Crippen molar-refractivity contribution in [2.24, 2.45) is 10.9 Å². The Morgan fingerprint density at radius 2 is 1.97 bits per heavy atom. The van der Waals surface area contributed by atoms with E-state index in [2.05, 4.69) is 4.90 Å². The first-order chi connectivity index (χ1) is 17.2. The van der Waals surface area contributed by atoms with E-state index >= 15 is 0 Å². The lowest BCUT2D eigenvalue weighted by Gasteiger charge is -2.35. The van der Waals surface area contributed by atoms with Gasteiger partial charge in [0.2, 0.25) is 10.0 Å². The minimum Gasteiger partial charge on any atom is -0.496 e. The van der Waals surface area contributed by atoms with Gasteiger partial charge >= 0.3 is 0 Å². The van der Waals surface area contributed by atoms with Crippen LogP contribution in [0.5, 0.6) is 5.75 Å². The van der Waals surface area contributed by atoms with E-state index in [0.29, 0.717) is 12.2 Å². The Hall–Kier alpha value is -3.22. The summed E-state index contributed by atoms with van der Waals surface area (Å²) in [6.45, 7) is 4.17. The molecule has 1 amide bonds. The third kappa shape index (κ3) is 4.51. The highest BCUT2D eigenvalue weighted by atomic mass is 32.2. The van der Waals surface area contributed by atoms with E-state index in [0.717, 1.165) is 55.8 Å². The molecule has 2 aromatic heterocycles. The van der Waals surface area contributed by atoms with Crippen LogP contribution in [0.1, 0.15) is 53.3 Å². The highest BCUT2D eigenvalue weighted by molar-refractivity contribution is 7.89. The van der Waals surface area contributed by atoms with Crippen LogP contribution < -0.4 is 20.5 Å². The van der Waals surface area contributed by atoms with E-state index in [1.165, 1.54) is 25.3 Å². The summed E-state index contributed by atoms with van der Waals surface area (Å²) in [6.07, 6.45) is 5.41. The number of methoxy groups -OCH3 is 1. The maximum Gasteiger partial charge on any atom is 0.258 e. The maximum absolute atomic E-state index is 13.7. The largest absolute Gasteiger partial charge is 0.496 e. The summed E-state index contributed by atoms with van der Waals surface area (Å²) in [7, 11) is -2.54. The molecule has 0 spiro atoms. The molecule has 0 bridgehead atoms. The molecule has 0 saturated carbocycles. The molecule has 0 aliphatic carbocycles. The first-order valence-corrected chi connectivity index (χ1v) is 13.6. The van der Waals surface area contributed by atoms with Crippen molar-refractivity contribution in [2.45, 2.75) is 49.6 Å². The van der Waals surface area contributed by atoms with Crippen LogP contribution in [-0.4, -0.2) is 66.6 Å². The number of nitrogens with two attached hydrogens (primary N) is 2. The Morgan fingerprint density at radius 3 is 2.67 bits per heavy atom. The maximum atomic E-state index is 13.7. The van der Waals surface area contributed by atoms with Crippen molar-refractivity contribution in [2.75, 3.05) is 31.6 Å². The summed E-state index contributed by atoms with van der Waals surface area (Å²) >= 11 is 0. The summed E-state index contributed by atoms with van der Waals surface area (Å²) in [4.78, 5) is 22.4. The smallest absolute Gasteiger partial charge is 0.258 e. The van der Waals surface area contributed by atoms with Gasteiger partial charge in [-0.25, -0.2) is 23.1 Å². The molecule has 5 rings (SSSR count). The zero-order chi connectivity index (χ0) is 25.6. The van der Waals surface area contributed by atoms with E-state index in [9.17, 15) is 13.2 Å². The summed E-state index contributed by atoms with van der Waals surface area (Å²) in [5.74, 6) is 0.871. The lowest BCUT2D eigenvalue weighted by atomic mass is 9.98. The summed E-state index contributed by atoms with van der Waals surface area (Å²) in [5, 5.41) is 10.1. The number of anilines is 1. The number of fused-ring (bicyclic) bond motifs is 1. The first-order valence-electron chi connectivity index (χ1n) is 12.0. The third-order valence-electron chi connectivity index (χ3n) is 6.98. The normalized spacial score (nSPS) is 20.8. The van der Waals surface area contributed by atoms with Gasteiger partial charge in [0.05, 0.1) is 29.3 Å². The van der Waals surface area contributed by atoms with Gasteiger partial charge in [0.25, 0.3) is 5.91 Å². The number of aryl methyl sites for hydroxylation is 1. The van der Waals surface area contributed by atoms with Crippen LogP contribution in [0.25, 0.3) is 5.65 Å². The second-order valence-electron chi connectivity index (χ2n) is 9.53. The number of carbonyl (C=O) groups excluding carboxylic acids is 1. The average Bonchev–Trinajstić information content (AvgIpc) is 3.47. The highest BCUT2D eigenvalue weighted by Gasteiger charge is 2.33. The molecule has 2 saturated heterocycles. The van der Waals surface area contributed by atoms with Gasteiger partial charge in [-0.2, -0.15) is 5.10 Å². The van der Waals surface area contributed by atoms with Crippen molar-refractivity contribution in [3.63, 3.8) is 0 Å². The van der Waals surface area contributed by atoms with E-state index in [1.807, 2.05) is 19.2 Å². The molecular formula is C24H31N7O4S. The zero-order valence-corrected chi connectivity index (χ0v) is 21.2. The Morgan fingerprint density at radius 1 is 1.17 bits per heavy atom. The second-order valence-corrected chi connectivity index (χ2v) is 11.1. The van der Waals surface area contributed by atoms with Crippen molar-refractivity contribution >= 4 is 27.4 Å². The monoisotopic (exact) mass is 513 g/mol. The number of rotatable bonds is 5.